The Bertz CT molecular complexity index is 3270. The SMILES string of the molecule is CC(C)(C)Nc1nc(N)cc2ccn(CCO)c(=O)c12.CC(C)(C)Nc1nc(Nc2cc(C3(O)COC3)ccn2)cc2ccn(CCO)c(=O)c12.Clc1cc(Br)ccn1.O=C1COC1.OC1(c2ccnc(Cl)c2)COC1.[CH2-]CCC.[Li+]. The number of aromatic nitrogens is 7. The van der Waals surface area contributed by atoms with Gasteiger partial charge in [-0.3, -0.25) is 14.4 Å². The second-order valence-electron chi connectivity index (χ2n) is 20.7. The molecular weight excluding hydrogens is 1140 g/mol. The van der Waals surface area contributed by atoms with Gasteiger partial charge in [0.05, 0.1) is 50.4 Å². The summed E-state index contributed by atoms with van der Waals surface area (Å²) >= 11 is 14.4. The fraction of sp³-hybridized carbons (Fsp3) is 0.411. The predicted molar refractivity (Wildman–Crippen MR) is 317 cm³/mol. The molecule has 3 aliphatic heterocycles. The first kappa shape index (κ1) is 67.9. The fourth-order valence-corrected chi connectivity index (χ4v) is 8.06. The first-order chi connectivity index (χ1) is 37.8. The van der Waals surface area contributed by atoms with Gasteiger partial charge in [0, 0.05) is 59.6 Å². The van der Waals surface area contributed by atoms with Crippen molar-refractivity contribution >= 4 is 95.5 Å². The van der Waals surface area contributed by atoms with Gasteiger partial charge in [-0.15, -0.1) is 0 Å². The summed E-state index contributed by atoms with van der Waals surface area (Å²) in [6.45, 7) is 19.8. The molecule has 432 valence electrons. The first-order valence-corrected chi connectivity index (χ1v) is 27.1. The van der Waals surface area contributed by atoms with Crippen LogP contribution >= 0.6 is 39.1 Å². The average Bonchev–Trinajstić information content (AvgIpc) is 3.50. The Morgan fingerprint density at radius 2 is 1.12 bits per heavy atom. The zero-order valence-electron chi connectivity index (χ0n) is 46.9. The monoisotopic (exact) mass is 1210 g/mol. The van der Waals surface area contributed by atoms with Gasteiger partial charge in [-0.05, 0) is 124 Å². The number of ether oxygens (including phenoxy) is 3. The number of rotatable bonds is 11. The maximum Gasteiger partial charge on any atom is 1.00 e. The molecule has 7 aromatic heterocycles. The van der Waals surface area contributed by atoms with Crippen LogP contribution in [0.2, 0.25) is 10.3 Å². The fourth-order valence-electron chi connectivity index (χ4n) is 7.25. The van der Waals surface area contributed by atoms with Crippen LogP contribution in [0.25, 0.3) is 21.5 Å². The number of hydrogen-bond acceptors (Lipinski definition) is 19. The number of carbonyl (C=O) groups is 1. The molecule has 9 N–H and O–H groups in total. The molecule has 0 atom stereocenters. The van der Waals surface area contributed by atoms with Crippen LogP contribution in [0.1, 0.15) is 72.4 Å². The predicted octanol–water partition coefficient (Wildman–Crippen LogP) is 4.80. The van der Waals surface area contributed by atoms with Gasteiger partial charge < -0.3 is 72.4 Å². The van der Waals surface area contributed by atoms with E-state index in [1.807, 2.05) is 53.7 Å². The summed E-state index contributed by atoms with van der Waals surface area (Å²) in [5.74, 6) is 2.55. The molecule has 10 heterocycles. The molecule has 0 bridgehead atoms. The smallest absolute Gasteiger partial charge is 0.395 e. The number of anilines is 5. The van der Waals surface area contributed by atoms with Crippen molar-refractivity contribution < 1.29 is 58.3 Å². The summed E-state index contributed by atoms with van der Waals surface area (Å²) in [4.78, 5) is 56.0. The molecule has 0 aliphatic carbocycles. The van der Waals surface area contributed by atoms with Crippen molar-refractivity contribution in [3.05, 3.63) is 145 Å². The molecule has 0 unspecified atom stereocenters. The standard InChI is InChI=1S/C22H27N5O4.C14H20N4O2.C8H8ClNO2.C5H3BrClN.C4H9.C3H4O2.Li/c1-21(2,3)26-19-18-14(5-7-27(8-9-28)20(18)29)10-17(25-19)24-16-11-15(4-6-23-16)22(30)12-31-13-22;1-14(2,3)17-12-11-9(8-10(15)16-12)4-5-18(6-7-19)13(11)20;9-7-3-6(1-2-10-7)8(11)4-12-5-8;6-4-1-2-8-5(7)3-4;1-3-4-2;4-3-1-5-2-3;/h4-7,10-11,28,30H,8-9,12-13H2,1-3H3,(H2,23,24,25,26);4-5,8,19H,6-7H2,1-3H3,(H3,15,16,17);1-3,11H,4-5H2;1-3H;1,3-4H2,2H3;1-2H2;/q;;;;-1;;+1. The number of nitrogens with one attached hydrogen (secondary N) is 3. The van der Waals surface area contributed by atoms with Crippen LogP contribution in [0.15, 0.2) is 106 Å². The van der Waals surface area contributed by atoms with E-state index in [1.54, 1.807) is 79.5 Å². The number of halogens is 3. The molecule has 10 rings (SSSR count). The maximum absolute atomic E-state index is 13.0. The van der Waals surface area contributed by atoms with Crippen molar-refractivity contribution in [2.75, 3.05) is 74.5 Å². The number of fused-ring (bicyclic) bond motifs is 2. The Kier molecular flexibility index (Phi) is 26.1. The van der Waals surface area contributed by atoms with Gasteiger partial charge in [0.25, 0.3) is 11.1 Å². The van der Waals surface area contributed by atoms with E-state index >= 15 is 0 Å². The van der Waals surface area contributed by atoms with Crippen molar-refractivity contribution in [3.63, 3.8) is 0 Å². The molecule has 3 aliphatic rings. The minimum Gasteiger partial charge on any atom is -0.395 e. The van der Waals surface area contributed by atoms with Crippen molar-refractivity contribution in [2.24, 2.45) is 0 Å². The Balaban J connectivity index is 0.000000240. The van der Waals surface area contributed by atoms with Gasteiger partial charge in [-0.1, -0.05) is 52.5 Å². The Labute approximate surface area is 501 Å². The van der Waals surface area contributed by atoms with E-state index in [4.69, 9.17) is 43.5 Å². The van der Waals surface area contributed by atoms with Gasteiger partial charge in [0.15, 0.2) is 5.78 Å². The summed E-state index contributed by atoms with van der Waals surface area (Å²) in [7, 11) is 0. The summed E-state index contributed by atoms with van der Waals surface area (Å²) < 4.78 is 18.4. The Hall–Kier alpha value is -5.58. The van der Waals surface area contributed by atoms with Crippen LogP contribution < -0.4 is 51.7 Å². The van der Waals surface area contributed by atoms with Crippen LogP contribution in [-0.4, -0.2) is 124 Å². The quantitative estimate of drug-likeness (QED) is 0.0490. The number of nitrogens with two attached hydrogens (primary N) is 1. The minimum absolute atomic E-state index is 0. The van der Waals surface area contributed by atoms with Crippen molar-refractivity contribution in [1.29, 1.82) is 0 Å². The van der Waals surface area contributed by atoms with Crippen LogP contribution in [0, 0.1) is 6.92 Å². The van der Waals surface area contributed by atoms with Gasteiger partial charge >= 0.3 is 18.9 Å². The topological polar surface area (TPSA) is 296 Å². The van der Waals surface area contributed by atoms with Crippen LogP contribution in [0.5, 0.6) is 0 Å². The van der Waals surface area contributed by atoms with E-state index in [2.05, 4.69) is 75.4 Å². The second kappa shape index (κ2) is 31.2. The summed E-state index contributed by atoms with van der Waals surface area (Å²) in [5.41, 5.74) is 4.48. The van der Waals surface area contributed by atoms with Gasteiger partial charge in [-0.25, -0.2) is 24.9 Å². The van der Waals surface area contributed by atoms with E-state index in [0.29, 0.717) is 82.0 Å². The molecule has 0 aromatic carbocycles. The summed E-state index contributed by atoms with van der Waals surface area (Å²) in [5, 5.41) is 51.6. The van der Waals surface area contributed by atoms with E-state index in [-0.39, 0.29) is 86.4 Å². The van der Waals surface area contributed by atoms with E-state index < -0.39 is 11.2 Å². The van der Waals surface area contributed by atoms with Crippen molar-refractivity contribution in [2.45, 2.75) is 96.7 Å². The third-order valence-corrected chi connectivity index (χ3v) is 12.3. The first-order valence-electron chi connectivity index (χ1n) is 25.5. The van der Waals surface area contributed by atoms with Gasteiger partial charge in [-0.2, -0.15) is 6.42 Å². The zero-order chi connectivity index (χ0) is 58.8. The zero-order valence-corrected chi connectivity index (χ0v) is 50.0. The summed E-state index contributed by atoms with van der Waals surface area (Å²) in [6.07, 6.45) is 10.4. The van der Waals surface area contributed by atoms with Crippen LogP contribution in [-0.2, 0) is 43.3 Å². The van der Waals surface area contributed by atoms with E-state index in [0.717, 1.165) is 27.4 Å². The minimum atomic E-state index is -0.993. The number of ketones is 1. The number of hydrogen-bond donors (Lipinski definition) is 8. The number of unbranched alkanes of at least 4 members (excludes halogenated alkanes) is 1. The van der Waals surface area contributed by atoms with Crippen molar-refractivity contribution in [3.8, 4) is 0 Å². The molecular formula is C56H71BrCl2LiN11O10. The summed E-state index contributed by atoms with van der Waals surface area (Å²) in [6, 6.07) is 17.6. The van der Waals surface area contributed by atoms with E-state index in [9.17, 15) is 29.7 Å². The molecule has 0 spiro atoms. The normalized spacial score (nSPS) is 14.5. The van der Waals surface area contributed by atoms with E-state index in [1.165, 1.54) is 15.6 Å². The molecule has 7 aromatic rings. The number of aliphatic hydroxyl groups is 4. The molecule has 0 radical (unpaired) electrons. The second-order valence-corrected chi connectivity index (χ2v) is 22.3. The van der Waals surface area contributed by atoms with Gasteiger partial charge in [0.1, 0.15) is 63.8 Å². The molecule has 81 heavy (non-hydrogen) atoms. The number of carbonyl (C=O) groups excluding carboxylic acids is 1. The molecule has 3 fully saturated rings. The number of nitrogens with zero attached hydrogens (tertiary/aromatic N) is 7. The third kappa shape index (κ3) is 20.7. The molecule has 21 nitrogen and oxygen atoms in total. The number of nitrogen functional groups attached to an aromatic ring is 1. The van der Waals surface area contributed by atoms with Gasteiger partial charge in [0.2, 0.25) is 0 Å². The number of pyridine rings is 7. The molecule has 25 heteroatoms. The molecule has 3 saturated heterocycles. The average molecular weight is 1220 g/mol. The van der Waals surface area contributed by atoms with Crippen LogP contribution in [0.3, 0.4) is 0 Å². The number of aliphatic hydroxyl groups excluding tert-OH is 2. The molecule has 0 amide bonds. The largest absolute Gasteiger partial charge is 1.00 e. The number of Topliss-reactive ketones (excluding diaryl/α,β-unsaturated/α-hetero) is 1. The van der Waals surface area contributed by atoms with Crippen molar-refractivity contribution in [1.82, 2.24) is 34.1 Å². The maximum atomic E-state index is 13.0. The Morgan fingerprint density at radius 1 is 0.679 bits per heavy atom. The molecule has 0 saturated carbocycles. The van der Waals surface area contributed by atoms with Crippen LogP contribution in [0.4, 0.5) is 29.1 Å². The third-order valence-electron chi connectivity index (χ3n) is 11.4. The Morgan fingerprint density at radius 3 is 1.51 bits per heavy atom.